The molecule has 0 radical (unpaired) electrons. The summed E-state index contributed by atoms with van der Waals surface area (Å²) in [6, 6.07) is 129. The number of hydrogen-bond donors (Lipinski definition) is 0. The molecule has 0 amide bonds. The van der Waals surface area contributed by atoms with Crippen molar-refractivity contribution in [2.24, 2.45) is 0 Å². The molecule has 0 saturated heterocycles. The van der Waals surface area contributed by atoms with Crippen LogP contribution in [0.25, 0.3) is 14.6 Å². The molecule has 0 saturated carbocycles. The normalized spacial score (nSPS) is 10.9. The molecule has 0 N–H and O–H groups in total. The van der Waals surface area contributed by atoms with Gasteiger partial charge < -0.3 is 14.6 Å². The zero-order valence-corrected chi connectivity index (χ0v) is 54.7. The molecular formula is C72H63LaN3P6+3. The number of hydrogen-bond acceptors (Lipinski definition) is 0. The molecule has 0 aliphatic heterocycles. The van der Waals surface area contributed by atoms with E-state index in [0.29, 0.717) is 0 Å². The average molecular weight is 1300 g/mol. The molecule has 0 atom stereocenters. The van der Waals surface area contributed by atoms with E-state index < -0.39 is 48.4 Å². The fraction of sp³-hybridized carbons (Fsp3) is 0. The minimum atomic E-state index is -1.24. The van der Waals surface area contributed by atoms with Crippen molar-refractivity contribution in [2.45, 2.75) is 0 Å². The van der Waals surface area contributed by atoms with Crippen LogP contribution in [0.2, 0.25) is 0 Å². The standard InChI is InChI=1S/3C24H21NP2.La/c3*1-5-13-21(14-6-1)26(22-15-7-2-8-16-22)25-27(23-17-9-3-10-18-23)24-19-11-4-12-20-24;/h3*1-20,26H;/q;;;+3. The quantitative estimate of drug-likeness (QED) is 0.0769. The Kier molecular flexibility index (Phi) is 24.9. The topological polar surface area (TPSA) is 42.3 Å². The molecule has 0 fully saturated rings. The van der Waals surface area contributed by atoms with E-state index in [4.69, 9.17) is 14.6 Å². The van der Waals surface area contributed by atoms with Gasteiger partial charge in [0.2, 0.25) is 0 Å². The summed E-state index contributed by atoms with van der Waals surface area (Å²) in [5, 5.41) is 15.8. The van der Waals surface area contributed by atoms with Crippen LogP contribution >= 0.6 is 48.4 Å². The fourth-order valence-corrected chi connectivity index (χ4v) is 24.5. The van der Waals surface area contributed by atoms with Crippen molar-refractivity contribution in [1.82, 2.24) is 0 Å². The van der Waals surface area contributed by atoms with E-state index in [1.54, 1.807) is 0 Å². The van der Waals surface area contributed by atoms with E-state index in [2.05, 4.69) is 364 Å². The van der Waals surface area contributed by atoms with E-state index in [9.17, 15) is 0 Å². The molecule has 0 aliphatic carbocycles. The molecule has 12 aromatic carbocycles. The van der Waals surface area contributed by atoms with Gasteiger partial charge >= 0.3 is 35.6 Å². The Morgan fingerprint density at radius 2 is 0.268 bits per heavy atom. The molecule has 0 unspecified atom stereocenters. The Bertz CT molecular complexity index is 2750. The molecule has 3 nitrogen and oxygen atoms in total. The van der Waals surface area contributed by atoms with Crippen molar-refractivity contribution in [3.63, 3.8) is 0 Å². The van der Waals surface area contributed by atoms with Crippen LogP contribution in [0.1, 0.15) is 0 Å². The summed E-state index contributed by atoms with van der Waals surface area (Å²) in [5.41, 5.74) is 0. The zero-order chi connectivity index (χ0) is 54.9. The third-order valence-electron chi connectivity index (χ3n) is 12.9. The van der Waals surface area contributed by atoms with Gasteiger partial charge in [-0.05, 0) is 129 Å². The molecule has 0 spiro atoms. The van der Waals surface area contributed by atoms with Crippen molar-refractivity contribution < 1.29 is 35.6 Å². The van der Waals surface area contributed by atoms with Crippen molar-refractivity contribution in [1.29, 1.82) is 0 Å². The first kappa shape index (κ1) is 60.9. The van der Waals surface area contributed by atoms with Gasteiger partial charge in [-0.25, -0.2) is 0 Å². The van der Waals surface area contributed by atoms with Gasteiger partial charge in [0.1, 0.15) is 0 Å². The molecule has 10 heteroatoms. The van der Waals surface area contributed by atoms with Crippen molar-refractivity contribution in [3.05, 3.63) is 379 Å². The number of rotatable bonds is 18. The Hall–Kier alpha value is -5.71. The first-order chi connectivity index (χ1) is 40.2. The summed E-state index contributed by atoms with van der Waals surface area (Å²) in [7, 11) is -6.02. The summed E-state index contributed by atoms with van der Waals surface area (Å²) in [5.74, 6) is 0. The van der Waals surface area contributed by atoms with Gasteiger partial charge in [0, 0.05) is 0 Å². The summed E-state index contributed by atoms with van der Waals surface area (Å²) in [6.45, 7) is 0. The SMILES string of the molecule is [La+3].c1ccc(P([N-][PH+](c2ccccc2)c2ccccc2)c2ccccc2)cc1.c1ccc(P([N-][PH+](c2ccccc2)c2ccccc2)c2ccccc2)cc1.c1ccc(P([N-][PH+](c2ccccc2)c2ccccc2)c2ccccc2)cc1. The minimum Gasteiger partial charge on any atom is -0.450 e. The summed E-state index contributed by atoms with van der Waals surface area (Å²) in [6.07, 6.45) is 0. The smallest absolute Gasteiger partial charge is 0.450 e. The molecule has 0 heterocycles. The van der Waals surface area contributed by atoms with E-state index in [1.807, 2.05) is 0 Å². The van der Waals surface area contributed by atoms with Crippen LogP contribution in [-0.2, 0) is 0 Å². The third-order valence-corrected chi connectivity index (χ3v) is 27.7. The molecule has 12 aromatic rings. The molecule has 396 valence electrons. The van der Waals surface area contributed by atoms with E-state index in [0.717, 1.165) is 0 Å². The van der Waals surface area contributed by atoms with E-state index in [-0.39, 0.29) is 35.6 Å². The van der Waals surface area contributed by atoms with Gasteiger partial charge in [-0.1, -0.05) is 291 Å². The summed E-state index contributed by atoms with van der Waals surface area (Å²) >= 11 is 0. The second-order valence-corrected chi connectivity index (χ2v) is 31.4. The van der Waals surface area contributed by atoms with E-state index >= 15 is 0 Å². The van der Waals surface area contributed by atoms with Gasteiger partial charge in [0.15, 0.2) is 0 Å². The molecule has 0 bridgehead atoms. The van der Waals surface area contributed by atoms with Gasteiger partial charge in [-0.15, -0.1) is 24.2 Å². The van der Waals surface area contributed by atoms with Crippen LogP contribution in [0.4, 0.5) is 0 Å². The number of benzene rings is 12. The zero-order valence-electron chi connectivity index (χ0n) is 45.4. The second kappa shape index (κ2) is 33.6. The van der Waals surface area contributed by atoms with Crippen LogP contribution in [0.3, 0.4) is 0 Å². The maximum Gasteiger partial charge on any atom is 3.00 e. The van der Waals surface area contributed by atoms with Crippen molar-refractivity contribution in [3.8, 4) is 0 Å². The monoisotopic (exact) mass is 1290 g/mol. The maximum atomic E-state index is 5.52. The van der Waals surface area contributed by atoms with Gasteiger partial charge in [0.05, 0.1) is 31.8 Å². The number of nitrogens with zero attached hydrogens (tertiary/aromatic N) is 3. The molecular weight excluding hydrogens is 1230 g/mol. The van der Waals surface area contributed by atoms with Crippen LogP contribution < -0.4 is 63.7 Å². The minimum absolute atomic E-state index is 0. The van der Waals surface area contributed by atoms with E-state index in [1.165, 1.54) is 63.7 Å². The molecule has 12 rings (SSSR count). The van der Waals surface area contributed by atoms with Crippen molar-refractivity contribution in [2.75, 3.05) is 0 Å². The molecule has 0 aromatic heterocycles. The van der Waals surface area contributed by atoms with Gasteiger partial charge in [0.25, 0.3) is 0 Å². The van der Waals surface area contributed by atoms with Crippen LogP contribution in [-0.4, -0.2) is 0 Å². The second-order valence-electron chi connectivity index (χ2n) is 18.5. The first-order valence-corrected chi connectivity index (χ1v) is 35.3. The largest absolute Gasteiger partial charge is 3.00 e. The predicted octanol–water partition coefficient (Wildman–Crippen LogP) is 15.6. The maximum absolute atomic E-state index is 5.52. The van der Waals surface area contributed by atoms with Crippen molar-refractivity contribution >= 4 is 112 Å². The predicted molar refractivity (Wildman–Crippen MR) is 369 cm³/mol. The molecule has 0 aliphatic rings. The van der Waals surface area contributed by atoms with Crippen LogP contribution in [0.5, 0.6) is 0 Å². The summed E-state index contributed by atoms with van der Waals surface area (Å²) in [4.78, 5) is 16.6. The third kappa shape index (κ3) is 17.7. The Balaban J connectivity index is 0.000000147. The fourth-order valence-electron chi connectivity index (χ4n) is 8.93. The Morgan fingerprint density at radius 3 is 0.390 bits per heavy atom. The van der Waals surface area contributed by atoms with Gasteiger partial charge in [-0.2, -0.15) is 0 Å². The summed E-state index contributed by atoms with van der Waals surface area (Å²) < 4.78 is 0. The Labute approximate surface area is 521 Å². The van der Waals surface area contributed by atoms with Crippen LogP contribution in [0, 0.1) is 35.6 Å². The average Bonchev–Trinajstić information content (AvgIpc) is 3.57. The Morgan fingerprint density at radius 1 is 0.159 bits per heavy atom. The van der Waals surface area contributed by atoms with Crippen LogP contribution in [0.15, 0.2) is 364 Å². The first-order valence-electron chi connectivity index (χ1n) is 27.0. The van der Waals surface area contributed by atoms with Gasteiger partial charge in [-0.3, -0.25) is 0 Å². The molecule has 82 heavy (non-hydrogen) atoms.